The smallest absolute Gasteiger partial charge is 0.416 e. The molecular formula is C10H10BrF3O2. The second-order valence-corrected chi connectivity index (χ2v) is 4.10. The second-order valence-electron chi connectivity index (χ2n) is 3.25. The quantitative estimate of drug-likeness (QED) is 0.905. The first kappa shape index (κ1) is 13.3. The molecule has 6 heteroatoms. The summed E-state index contributed by atoms with van der Waals surface area (Å²) in [6.45, 7) is 1.28. The highest BCUT2D eigenvalue weighted by Crippen LogP contribution is 2.39. The highest BCUT2D eigenvalue weighted by Gasteiger charge is 2.35. The van der Waals surface area contributed by atoms with Crippen LogP contribution in [-0.2, 0) is 6.18 Å². The first-order valence-corrected chi connectivity index (χ1v) is 5.19. The zero-order chi connectivity index (χ0) is 12.5. The van der Waals surface area contributed by atoms with E-state index in [2.05, 4.69) is 15.9 Å². The van der Waals surface area contributed by atoms with E-state index in [1.54, 1.807) is 0 Å². The minimum atomic E-state index is -4.51. The van der Waals surface area contributed by atoms with Gasteiger partial charge in [0.15, 0.2) is 0 Å². The summed E-state index contributed by atoms with van der Waals surface area (Å²) >= 11 is 3.07. The summed E-state index contributed by atoms with van der Waals surface area (Å²) in [5, 5.41) is 9.29. The minimum absolute atomic E-state index is 0.0803. The lowest BCUT2D eigenvalue weighted by atomic mass is 10.0. The van der Waals surface area contributed by atoms with Gasteiger partial charge in [-0.1, -0.05) is 0 Å². The Labute approximate surface area is 99.2 Å². The van der Waals surface area contributed by atoms with Crippen LogP contribution in [0.2, 0.25) is 0 Å². The third-order valence-corrected chi connectivity index (χ3v) is 2.70. The maximum Gasteiger partial charge on any atom is 0.416 e. The SMILES string of the molecule is COc1cc(C(F)(F)F)c(C(C)O)cc1Br. The topological polar surface area (TPSA) is 29.5 Å². The van der Waals surface area contributed by atoms with Gasteiger partial charge in [-0.15, -0.1) is 0 Å². The van der Waals surface area contributed by atoms with Gasteiger partial charge in [-0.3, -0.25) is 0 Å². The van der Waals surface area contributed by atoms with E-state index in [4.69, 9.17) is 4.74 Å². The normalized spacial score (nSPS) is 13.7. The van der Waals surface area contributed by atoms with Crippen molar-refractivity contribution in [1.82, 2.24) is 0 Å². The van der Waals surface area contributed by atoms with Gasteiger partial charge in [0.2, 0.25) is 0 Å². The van der Waals surface area contributed by atoms with E-state index in [0.29, 0.717) is 4.47 Å². The molecule has 0 bridgehead atoms. The number of aliphatic hydroxyl groups excluding tert-OH is 1. The molecule has 0 saturated carbocycles. The molecule has 16 heavy (non-hydrogen) atoms. The van der Waals surface area contributed by atoms with Crippen molar-refractivity contribution in [3.05, 3.63) is 27.7 Å². The van der Waals surface area contributed by atoms with Crippen LogP contribution in [0.3, 0.4) is 0 Å². The molecule has 1 atom stereocenters. The van der Waals surface area contributed by atoms with Gasteiger partial charge in [0.05, 0.1) is 23.2 Å². The van der Waals surface area contributed by atoms with Crippen molar-refractivity contribution in [3.63, 3.8) is 0 Å². The lowest BCUT2D eigenvalue weighted by Crippen LogP contribution is -2.11. The molecule has 1 aromatic carbocycles. The van der Waals surface area contributed by atoms with Crippen molar-refractivity contribution < 1.29 is 23.0 Å². The number of aliphatic hydroxyl groups is 1. The molecule has 0 aliphatic carbocycles. The van der Waals surface area contributed by atoms with Gasteiger partial charge in [-0.25, -0.2) is 0 Å². The fourth-order valence-corrected chi connectivity index (χ4v) is 1.84. The maximum atomic E-state index is 12.7. The Morgan fingerprint density at radius 2 is 1.94 bits per heavy atom. The Morgan fingerprint density at radius 1 is 1.38 bits per heavy atom. The summed E-state index contributed by atoms with van der Waals surface area (Å²) in [6.07, 6.45) is -5.71. The molecule has 0 radical (unpaired) electrons. The summed E-state index contributed by atoms with van der Waals surface area (Å²) < 4.78 is 43.2. The van der Waals surface area contributed by atoms with Crippen molar-refractivity contribution in [2.24, 2.45) is 0 Å². The predicted molar refractivity (Wildman–Crippen MR) is 56.3 cm³/mol. The molecule has 0 aliphatic heterocycles. The molecule has 1 unspecified atom stereocenters. The summed E-state index contributed by atoms with van der Waals surface area (Å²) in [6, 6.07) is 2.08. The van der Waals surface area contributed by atoms with E-state index >= 15 is 0 Å². The molecule has 2 nitrogen and oxygen atoms in total. The average Bonchev–Trinajstić information content (AvgIpc) is 2.15. The largest absolute Gasteiger partial charge is 0.496 e. The molecule has 0 saturated heterocycles. The van der Waals surface area contributed by atoms with Crippen molar-refractivity contribution in [2.45, 2.75) is 19.2 Å². The predicted octanol–water partition coefficient (Wildman–Crippen LogP) is 3.53. The minimum Gasteiger partial charge on any atom is -0.496 e. The zero-order valence-corrected chi connectivity index (χ0v) is 10.2. The molecule has 0 aromatic heterocycles. The number of alkyl halides is 3. The number of hydrogen-bond donors (Lipinski definition) is 1. The fraction of sp³-hybridized carbons (Fsp3) is 0.400. The van der Waals surface area contributed by atoms with Gasteiger partial charge in [-0.05, 0) is 40.5 Å². The van der Waals surface area contributed by atoms with Gasteiger partial charge in [0, 0.05) is 0 Å². The maximum absolute atomic E-state index is 12.7. The highest BCUT2D eigenvalue weighted by atomic mass is 79.9. The third-order valence-electron chi connectivity index (χ3n) is 2.08. The fourth-order valence-electron chi connectivity index (χ4n) is 1.32. The van der Waals surface area contributed by atoms with Gasteiger partial charge in [0.1, 0.15) is 5.75 Å². The second kappa shape index (κ2) is 4.63. The van der Waals surface area contributed by atoms with Crippen LogP contribution < -0.4 is 4.74 Å². The highest BCUT2D eigenvalue weighted by molar-refractivity contribution is 9.10. The van der Waals surface area contributed by atoms with E-state index in [1.165, 1.54) is 20.1 Å². The van der Waals surface area contributed by atoms with Gasteiger partial charge in [-0.2, -0.15) is 13.2 Å². The standard InChI is InChI=1S/C10H10BrF3O2/c1-5(15)6-3-8(11)9(16-2)4-7(6)10(12,13)14/h3-5,15H,1-2H3. The van der Waals surface area contributed by atoms with Crippen molar-refractivity contribution >= 4 is 15.9 Å². The molecule has 0 heterocycles. The molecule has 1 aromatic rings. The molecule has 1 N–H and O–H groups in total. The van der Waals surface area contributed by atoms with Gasteiger partial charge < -0.3 is 9.84 Å². The van der Waals surface area contributed by atoms with Crippen molar-refractivity contribution in [1.29, 1.82) is 0 Å². The van der Waals surface area contributed by atoms with Crippen LogP contribution in [-0.4, -0.2) is 12.2 Å². The van der Waals surface area contributed by atoms with E-state index < -0.39 is 17.8 Å². The number of rotatable bonds is 2. The number of ether oxygens (including phenoxy) is 1. The molecule has 90 valence electrons. The van der Waals surface area contributed by atoms with Crippen LogP contribution in [0.5, 0.6) is 5.75 Å². The Morgan fingerprint density at radius 3 is 2.31 bits per heavy atom. The summed E-state index contributed by atoms with van der Waals surface area (Å²) in [4.78, 5) is 0. The monoisotopic (exact) mass is 298 g/mol. The van der Waals surface area contributed by atoms with Crippen LogP contribution in [0.25, 0.3) is 0 Å². The molecule has 0 amide bonds. The summed E-state index contributed by atoms with van der Waals surface area (Å²) in [7, 11) is 1.28. The van der Waals surface area contributed by atoms with Crippen LogP contribution in [0, 0.1) is 0 Å². The Hall–Kier alpha value is -0.750. The molecule has 0 spiro atoms. The van der Waals surface area contributed by atoms with Crippen LogP contribution in [0.15, 0.2) is 16.6 Å². The molecular weight excluding hydrogens is 289 g/mol. The zero-order valence-electron chi connectivity index (χ0n) is 8.60. The van der Waals surface area contributed by atoms with E-state index in [0.717, 1.165) is 6.07 Å². The lowest BCUT2D eigenvalue weighted by molar-refractivity contribution is -0.139. The molecule has 0 fully saturated rings. The lowest BCUT2D eigenvalue weighted by Gasteiger charge is -2.17. The number of methoxy groups -OCH3 is 1. The van der Waals surface area contributed by atoms with E-state index in [9.17, 15) is 18.3 Å². The van der Waals surface area contributed by atoms with Gasteiger partial charge in [0.25, 0.3) is 0 Å². The van der Waals surface area contributed by atoms with Crippen molar-refractivity contribution in [2.75, 3.05) is 7.11 Å². The Bertz CT molecular complexity index is 388. The average molecular weight is 299 g/mol. The first-order chi connectivity index (χ1) is 7.27. The number of benzene rings is 1. The Kier molecular flexibility index (Phi) is 3.85. The van der Waals surface area contributed by atoms with Gasteiger partial charge >= 0.3 is 6.18 Å². The summed E-state index contributed by atoms with van der Waals surface area (Å²) in [5.74, 6) is 0.0803. The van der Waals surface area contributed by atoms with Crippen LogP contribution in [0.1, 0.15) is 24.2 Å². The number of hydrogen-bond acceptors (Lipinski definition) is 2. The van der Waals surface area contributed by atoms with E-state index in [-0.39, 0.29) is 11.3 Å². The molecule has 1 rings (SSSR count). The Balaban J connectivity index is 3.43. The van der Waals surface area contributed by atoms with Crippen LogP contribution in [0.4, 0.5) is 13.2 Å². The number of halogens is 4. The third kappa shape index (κ3) is 2.68. The van der Waals surface area contributed by atoms with Crippen LogP contribution >= 0.6 is 15.9 Å². The van der Waals surface area contributed by atoms with Crippen molar-refractivity contribution in [3.8, 4) is 5.75 Å². The molecule has 0 aliphatic rings. The summed E-state index contributed by atoms with van der Waals surface area (Å²) in [5.41, 5.74) is -1.07. The van der Waals surface area contributed by atoms with E-state index in [1.807, 2.05) is 0 Å². The first-order valence-electron chi connectivity index (χ1n) is 4.40.